The molecule has 0 saturated heterocycles. The van der Waals surface area contributed by atoms with Crippen LogP contribution >= 0.6 is 0 Å². The van der Waals surface area contributed by atoms with E-state index < -0.39 is 0 Å². The van der Waals surface area contributed by atoms with E-state index in [1.165, 1.54) is 6.33 Å². The van der Waals surface area contributed by atoms with E-state index in [9.17, 15) is 4.79 Å². The Bertz CT molecular complexity index is 1070. The zero-order valence-electron chi connectivity index (χ0n) is 17.2. The van der Waals surface area contributed by atoms with E-state index >= 15 is 0 Å². The normalized spacial score (nSPS) is 13.7. The summed E-state index contributed by atoms with van der Waals surface area (Å²) in [6, 6.07) is 5.97. The molecule has 1 aliphatic rings. The van der Waals surface area contributed by atoms with Gasteiger partial charge in [-0.1, -0.05) is 12.1 Å². The molecular weight excluding hydrogens is 382 g/mol. The summed E-state index contributed by atoms with van der Waals surface area (Å²) < 4.78 is 11.6. The molecule has 8 nitrogen and oxygen atoms in total. The molecule has 30 heavy (non-hydrogen) atoms. The maximum atomic E-state index is 12.6. The molecule has 3 aromatic rings. The molecule has 4 rings (SSSR count). The molecule has 0 atom stereocenters. The second-order valence-electron chi connectivity index (χ2n) is 7.04. The summed E-state index contributed by atoms with van der Waals surface area (Å²) in [6.45, 7) is 7.13. The van der Waals surface area contributed by atoms with Gasteiger partial charge in [0.25, 0.3) is 5.56 Å². The molecule has 1 N–H and O–H groups in total. The average molecular weight is 407 g/mol. The third-order valence-electron chi connectivity index (χ3n) is 5.03. The molecule has 0 saturated carbocycles. The molecule has 0 aliphatic carbocycles. The van der Waals surface area contributed by atoms with Crippen molar-refractivity contribution in [1.82, 2.24) is 24.8 Å². The molecule has 0 radical (unpaired) electrons. The van der Waals surface area contributed by atoms with E-state index in [2.05, 4.69) is 25.9 Å². The molecule has 0 unspecified atom stereocenters. The number of fused-ring (bicyclic) bond motifs is 1. The van der Waals surface area contributed by atoms with Crippen molar-refractivity contribution in [3.63, 3.8) is 0 Å². The Morgan fingerprint density at radius 2 is 1.93 bits per heavy atom. The molecule has 3 heterocycles. The van der Waals surface area contributed by atoms with Gasteiger partial charge in [-0.15, -0.1) is 0 Å². The quantitative estimate of drug-likeness (QED) is 0.643. The van der Waals surface area contributed by atoms with Crippen LogP contribution in [-0.4, -0.2) is 44.6 Å². The first-order valence-corrected chi connectivity index (χ1v) is 10.2. The fourth-order valence-corrected chi connectivity index (χ4v) is 3.69. The molecule has 0 spiro atoms. The topological polar surface area (TPSA) is 93.2 Å². The van der Waals surface area contributed by atoms with Crippen molar-refractivity contribution >= 4 is 0 Å². The number of para-hydroxylation sites is 1. The minimum absolute atomic E-state index is 0.0909. The number of rotatable bonds is 7. The summed E-state index contributed by atoms with van der Waals surface area (Å²) in [6.07, 6.45) is 5.39. The number of H-pyrrole nitrogens is 1. The van der Waals surface area contributed by atoms with Crippen LogP contribution in [0.3, 0.4) is 0 Å². The first-order chi connectivity index (χ1) is 14.7. The summed E-state index contributed by atoms with van der Waals surface area (Å²) in [5.74, 6) is 2.04. The third kappa shape index (κ3) is 4.18. The first-order valence-electron chi connectivity index (χ1n) is 10.2. The number of ether oxygens (including phenoxy) is 2. The van der Waals surface area contributed by atoms with Crippen LogP contribution in [-0.2, 0) is 19.5 Å². The van der Waals surface area contributed by atoms with Gasteiger partial charge in [0.1, 0.15) is 12.2 Å². The zero-order valence-corrected chi connectivity index (χ0v) is 17.2. The van der Waals surface area contributed by atoms with Gasteiger partial charge >= 0.3 is 0 Å². The van der Waals surface area contributed by atoms with Crippen molar-refractivity contribution in [2.75, 3.05) is 19.8 Å². The van der Waals surface area contributed by atoms with Gasteiger partial charge in [-0.05, 0) is 26.3 Å². The second kappa shape index (κ2) is 9.04. The monoisotopic (exact) mass is 407 g/mol. The van der Waals surface area contributed by atoms with Crippen LogP contribution in [0.2, 0.25) is 0 Å². The summed E-state index contributed by atoms with van der Waals surface area (Å²) in [5, 5.41) is 0. The van der Waals surface area contributed by atoms with E-state index in [-0.39, 0.29) is 5.56 Å². The third-order valence-corrected chi connectivity index (χ3v) is 5.03. The molecule has 2 aromatic heterocycles. The Balaban J connectivity index is 1.60. The number of hydrogen-bond acceptors (Lipinski definition) is 7. The molecule has 0 amide bonds. The van der Waals surface area contributed by atoms with Gasteiger partial charge in [0.15, 0.2) is 11.5 Å². The summed E-state index contributed by atoms with van der Waals surface area (Å²) >= 11 is 0. The zero-order chi connectivity index (χ0) is 20.9. The van der Waals surface area contributed by atoms with Crippen LogP contribution in [0.15, 0.2) is 41.7 Å². The smallest absolute Gasteiger partial charge is 0.254 e. The second-order valence-corrected chi connectivity index (χ2v) is 7.04. The fraction of sp³-hybridized carbons (Fsp3) is 0.364. The van der Waals surface area contributed by atoms with Crippen molar-refractivity contribution in [1.29, 1.82) is 0 Å². The van der Waals surface area contributed by atoms with E-state index in [0.717, 1.165) is 34.9 Å². The number of aromatic nitrogens is 4. The van der Waals surface area contributed by atoms with Gasteiger partial charge in [0.2, 0.25) is 0 Å². The number of nitrogens with zero attached hydrogens (tertiary/aromatic N) is 4. The Morgan fingerprint density at radius 1 is 1.13 bits per heavy atom. The van der Waals surface area contributed by atoms with E-state index in [4.69, 9.17) is 14.5 Å². The van der Waals surface area contributed by atoms with Crippen LogP contribution in [0.25, 0.3) is 11.4 Å². The van der Waals surface area contributed by atoms with Crippen LogP contribution in [0, 0.1) is 0 Å². The molecule has 0 bridgehead atoms. The van der Waals surface area contributed by atoms with Gasteiger partial charge in [-0.3, -0.25) is 9.69 Å². The number of benzene rings is 1. The van der Waals surface area contributed by atoms with Crippen molar-refractivity contribution in [2.45, 2.75) is 33.4 Å². The largest absolute Gasteiger partial charge is 0.490 e. The average Bonchev–Trinajstić information content (AvgIpc) is 2.76. The highest BCUT2D eigenvalue weighted by atomic mass is 16.5. The lowest BCUT2D eigenvalue weighted by molar-refractivity contribution is 0.231. The molecular formula is C22H25N5O3. The molecule has 0 fully saturated rings. The van der Waals surface area contributed by atoms with E-state index in [1.807, 2.05) is 26.0 Å². The lowest BCUT2D eigenvalue weighted by atomic mass is 10.0. The maximum Gasteiger partial charge on any atom is 0.254 e. The SMILES string of the molecule is CCOc1cccc(CN2CCc3c(nc(-c4cncnc4)[nH]c3=O)C2)c1OCC. The fourth-order valence-electron chi connectivity index (χ4n) is 3.69. The van der Waals surface area contributed by atoms with E-state index in [1.54, 1.807) is 12.4 Å². The van der Waals surface area contributed by atoms with Gasteiger partial charge in [-0.25, -0.2) is 15.0 Å². The van der Waals surface area contributed by atoms with Crippen molar-refractivity contribution in [3.8, 4) is 22.9 Å². The Labute approximate surface area is 174 Å². The standard InChI is InChI=1S/C22H25N5O3/c1-3-29-19-7-5-6-15(20(19)30-4-2)12-27-9-8-17-18(13-27)25-21(26-22(17)28)16-10-23-14-24-11-16/h5-7,10-11,14H,3-4,8-9,12-13H2,1-2H3,(H,25,26,28). The highest BCUT2D eigenvalue weighted by Crippen LogP contribution is 2.33. The van der Waals surface area contributed by atoms with Gasteiger partial charge in [0, 0.05) is 43.2 Å². The number of nitrogens with one attached hydrogen (secondary N) is 1. The number of hydrogen-bond donors (Lipinski definition) is 1. The van der Waals surface area contributed by atoms with Crippen molar-refractivity contribution in [2.24, 2.45) is 0 Å². The minimum Gasteiger partial charge on any atom is -0.490 e. The Morgan fingerprint density at radius 3 is 2.70 bits per heavy atom. The maximum absolute atomic E-state index is 12.6. The lowest BCUT2D eigenvalue weighted by Crippen LogP contribution is -2.35. The van der Waals surface area contributed by atoms with Crippen LogP contribution in [0.4, 0.5) is 0 Å². The van der Waals surface area contributed by atoms with Gasteiger partial charge in [0.05, 0.1) is 24.5 Å². The van der Waals surface area contributed by atoms with Crippen molar-refractivity contribution < 1.29 is 9.47 Å². The van der Waals surface area contributed by atoms with Gasteiger partial charge < -0.3 is 14.5 Å². The highest BCUT2D eigenvalue weighted by Gasteiger charge is 2.23. The van der Waals surface area contributed by atoms with Crippen molar-refractivity contribution in [3.05, 3.63) is 64.1 Å². The Kier molecular flexibility index (Phi) is 6.04. The predicted octanol–water partition coefficient (Wildman–Crippen LogP) is 2.58. The first kappa shape index (κ1) is 20.0. The summed E-state index contributed by atoms with van der Waals surface area (Å²) in [4.78, 5) is 30.5. The Hall–Kier alpha value is -3.26. The summed E-state index contributed by atoms with van der Waals surface area (Å²) in [7, 11) is 0. The molecule has 8 heteroatoms. The highest BCUT2D eigenvalue weighted by molar-refractivity contribution is 5.52. The summed E-state index contributed by atoms with van der Waals surface area (Å²) in [5.41, 5.74) is 3.21. The van der Waals surface area contributed by atoms with Crippen LogP contribution < -0.4 is 15.0 Å². The lowest BCUT2D eigenvalue weighted by Gasteiger charge is -2.28. The number of aromatic amines is 1. The molecule has 1 aromatic carbocycles. The molecule has 1 aliphatic heterocycles. The minimum atomic E-state index is -0.0909. The van der Waals surface area contributed by atoms with Crippen LogP contribution in [0.1, 0.15) is 30.7 Å². The van der Waals surface area contributed by atoms with Crippen LogP contribution in [0.5, 0.6) is 11.5 Å². The predicted molar refractivity (Wildman–Crippen MR) is 112 cm³/mol. The molecule has 156 valence electrons. The van der Waals surface area contributed by atoms with Gasteiger partial charge in [-0.2, -0.15) is 0 Å². The van der Waals surface area contributed by atoms with E-state index in [0.29, 0.717) is 44.1 Å².